The molecule has 0 aliphatic rings. The standard InChI is InChI=1S/C11H15N3O/c1-8(2)11(15)7-14-9-4-3-5-13-10(9)6-12/h3-5,8,11,14-15H,7H2,1-2H3. The van der Waals surface area contributed by atoms with E-state index in [2.05, 4.69) is 10.3 Å². The van der Waals surface area contributed by atoms with Crippen molar-refractivity contribution in [1.82, 2.24) is 4.98 Å². The number of aromatic nitrogens is 1. The van der Waals surface area contributed by atoms with E-state index in [-0.39, 0.29) is 5.92 Å². The average Bonchev–Trinajstić information content (AvgIpc) is 2.26. The predicted octanol–water partition coefficient (Wildman–Crippen LogP) is 1.38. The fraction of sp³-hybridized carbons (Fsp3) is 0.455. The summed E-state index contributed by atoms with van der Waals surface area (Å²) in [4.78, 5) is 3.91. The van der Waals surface area contributed by atoms with Gasteiger partial charge in [-0.1, -0.05) is 13.8 Å². The van der Waals surface area contributed by atoms with Crippen LogP contribution in [0.15, 0.2) is 18.3 Å². The Bertz CT molecular complexity index is 357. The normalized spacial score (nSPS) is 12.2. The van der Waals surface area contributed by atoms with Crippen molar-refractivity contribution >= 4 is 5.69 Å². The summed E-state index contributed by atoms with van der Waals surface area (Å²) in [6.07, 6.45) is 1.15. The number of nitrogens with one attached hydrogen (secondary N) is 1. The van der Waals surface area contributed by atoms with Crippen LogP contribution in [-0.2, 0) is 0 Å². The minimum atomic E-state index is -0.420. The van der Waals surface area contributed by atoms with Crippen LogP contribution < -0.4 is 5.32 Å². The van der Waals surface area contributed by atoms with Gasteiger partial charge in [0.1, 0.15) is 6.07 Å². The molecule has 0 aliphatic heterocycles. The Morgan fingerprint density at radius 2 is 2.33 bits per heavy atom. The summed E-state index contributed by atoms with van der Waals surface area (Å²) in [7, 11) is 0. The lowest BCUT2D eigenvalue weighted by Gasteiger charge is -2.16. The molecule has 0 amide bonds. The number of rotatable bonds is 4. The van der Waals surface area contributed by atoms with Crippen molar-refractivity contribution < 1.29 is 5.11 Å². The van der Waals surface area contributed by atoms with E-state index in [4.69, 9.17) is 5.26 Å². The van der Waals surface area contributed by atoms with Crippen LogP contribution >= 0.6 is 0 Å². The molecule has 1 unspecified atom stereocenters. The highest BCUT2D eigenvalue weighted by atomic mass is 16.3. The number of hydrogen-bond acceptors (Lipinski definition) is 4. The van der Waals surface area contributed by atoms with Crippen molar-refractivity contribution in [3.8, 4) is 6.07 Å². The molecule has 80 valence electrons. The summed E-state index contributed by atoms with van der Waals surface area (Å²) >= 11 is 0. The largest absolute Gasteiger partial charge is 0.391 e. The molecule has 1 heterocycles. The molecule has 4 nitrogen and oxygen atoms in total. The molecule has 1 aromatic heterocycles. The first kappa shape index (κ1) is 11.5. The lowest BCUT2D eigenvalue weighted by atomic mass is 10.1. The number of aliphatic hydroxyl groups is 1. The number of aliphatic hydroxyl groups excluding tert-OH is 1. The van der Waals surface area contributed by atoms with E-state index >= 15 is 0 Å². The third-order valence-corrected chi connectivity index (χ3v) is 2.18. The van der Waals surface area contributed by atoms with E-state index in [1.54, 1.807) is 18.3 Å². The van der Waals surface area contributed by atoms with Gasteiger partial charge >= 0.3 is 0 Å². The molecule has 1 atom stereocenters. The first-order valence-corrected chi connectivity index (χ1v) is 4.92. The van der Waals surface area contributed by atoms with Crippen LogP contribution in [0.4, 0.5) is 5.69 Å². The maximum absolute atomic E-state index is 9.59. The first-order chi connectivity index (χ1) is 7.15. The van der Waals surface area contributed by atoms with Crippen molar-refractivity contribution in [2.24, 2.45) is 5.92 Å². The van der Waals surface area contributed by atoms with E-state index in [9.17, 15) is 5.11 Å². The average molecular weight is 205 g/mol. The number of pyridine rings is 1. The van der Waals surface area contributed by atoms with Crippen molar-refractivity contribution in [1.29, 1.82) is 5.26 Å². The lowest BCUT2D eigenvalue weighted by Crippen LogP contribution is -2.25. The van der Waals surface area contributed by atoms with E-state index in [0.29, 0.717) is 17.9 Å². The molecular formula is C11H15N3O. The number of nitrogens with zero attached hydrogens (tertiary/aromatic N) is 2. The highest BCUT2D eigenvalue weighted by molar-refractivity contribution is 5.53. The van der Waals surface area contributed by atoms with Crippen LogP contribution in [0.3, 0.4) is 0 Å². The molecule has 15 heavy (non-hydrogen) atoms. The van der Waals surface area contributed by atoms with Gasteiger partial charge in [-0.25, -0.2) is 4.98 Å². The number of nitriles is 1. The summed E-state index contributed by atoms with van der Waals surface area (Å²) in [5.41, 5.74) is 1.02. The van der Waals surface area contributed by atoms with Crippen LogP contribution in [0.1, 0.15) is 19.5 Å². The molecule has 1 aromatic rings. The van der Waals surface area contributed by atoms with Gasteiger partial charge in [0.2, 0.25) is 0 Å². The van der Waals surface area contributed by atoms with Crippen molar-refractivity contribution in [2.45, 2.75) is 20.0 Å². The summed E-state index contributed by atoms with van der Waals surface area (Å²) < 4.78 is 0. The van der Waals surface area contributed by atoms with Crippen molar-refractivity contribution in [3.05, 3.63) is 24.0 Å². The summed E-state index contributed by atoms with van der Waals surface area (Å²) in [6.45, 7) is 4.32. The Morgan fingerprint density at radius 3 is 2.93 bits per heavy atom. The van der Waals surface area contributed by atoms with Crippen LogP contribution in [-0.4, -0.2) is 22.7 Å². The molecule has 0 bridgehead atoms. The molecule has 0 saturated heterocycles. The van der Waals surface area contributed by atoms with Gasteiger partial charge in [-0.3, -0.25) is 0 Å². The quantitative estimate of drug-likeness (QED) is 0.779. The van der Waals surface area contributed by atoms with Gasteiger partial charge in [0.25, 0.3) is 0 Å². The highest BCUT2D eigenvalue weighted by Gasteiger charge is 2.09. The smallest absolute Gasteiger partial charge is 0.163 e. The predicted molar refractivity (Wildman–Crippen MR) is 58.3 cm³/mol. The Labute approximate surface area is 89.6 Å². The minimum absolute atomic E-state index is 0.194. The van der Waals surface area contributed by atoms with Crippen molar-refractivity contribution in [3.63, 3.8) is 0 Å². The van der Waals surface area contributed by atoms with Gasteiger partial charge in [-0.15, -0.1) is 0 Å². The van der Waals surface area contributed by atoms with Crippen LogP contribution in [0.25, 0.3) is 0 Å². The second-order valence-corrected chi connectivity index (χ2v) is 3.70. The third-order valence-electron chi connectivity index (χ3n) is 2.18. The van der Waals surface area contributed by atoms with E-state index < -0.39 is 6.10 Å². The summed E-state index contributed by atoms with van der Waals surface area (Å²) in [6, 6.07) is 5.52. The second kappa shape index (κ2) is 5.32. The molecule has 0 fully saturated rings. The Hall–Kier alpha value is -1.60. The third kappa shape index (κ3) is 3.22. The molecule has 0 spiro atoms. The lowest BCUT2D eigenvalue weighted by molar-refractivity contribution is 0.138. The number of hydrogen-bond donors (Lipinski definition) is 2. The van der Waals surface area contributed by atoms with E-state index in [1.165, 1.54) is 0 Å². The Morgan fingerprint density at radius 1 is 1.60 bits per heavy atom. The zero-order valence-corrected chi connectivity index (χ0v) is 8.94. The molecule has 4 heteroatoms. The molecule has 2 N–H and O–H groups in total. The number of anilines is 1. The fourth-order valence-corrected chi connectivity index (χ4v) is 1.09. The van der Waals surface area contributed by atoms with Gasteiger partial charge in [-0.05, 0) is 18.1 Å². The zero-order valence-electron chi connectivity index (χ0n) is 8.94. The van der Waals surface area contributed by atoms with Crippen molar-refractivity contribution in [2.75, 3.05) is 11.9 Å². The maximum Gasteiger partial charge on any atom is 0.163 e. The van der Waals surface area contributed by atoms with E-state index in [0.717, 1.165) is 0 Å². The Kier molecular flexibility index (Phi) is 4.07. The molecule has 0 radical (unpaired) electrons. The first-order valence-electron chi connectivity index (χ1n) is 4.92. The minimum Gasteiger partial charge on any atom is -0.391 e. The van der Waals surface area contributed by atoms with Crippen LogP contribution in [0.5, 0.6) is 0 Å². The molecule has 0 aliphatic carbocycles. The fourth-order valence-electron chi connectivity index (χ4n) is 1.09. The SMILES string of the molecule is CC(C)C(O)CNc1cccnc1C#N. The molecular weight excluding hydrogens is 190 g/mol. The monoisotopic (exact) mass is 205 g/mol. The van der Waals surface area contributed by atoms with Gasteiger partial charge in [0, 0.05) is 12.7 Å². The molecule has 1 rings (SSSR count). The molecule has 0 aromatic carbocycles. The summed E-state index contributed by atoms with van der Waals surface area (Å²) in [5.74, 6) is 0.194. The maximum atomic E-state index is 9.59. The molecule has 0 saturated carbocycles. The van der Waals surface area contributed by atoms with Crippen LogP contribution in [0, 0.1) is 17.2 Å². The highest BCUT2D eigenvalue weighted by Crippen LogP contribution is 2.11. The van der Waals surface area contributed by atoms with E-state index in [1.807, 2.05) is 19.9 Å². The summed E-state index contributed by atoms with van der Waals surface area (Å²) in [5, 5.41) is 21.4. The second-order valence-electron chi connectivity index (χ2n) is 3.70. The van der Waals surface area contributed by atoms with Gasteiger partial charge < -0.3 is 10.4 Å². The van der Waals surface area contributed by atoms with Gasteiger partial charge in [0.15, 0.2) is 5.69 Å². The van der Waals surface area contributed by atoms with Gasteiger partial charge in [0.05, 0.1) is 11.8 Å². The Balaban J connectivity index is 2.62. The van der Waals surface area contributed by atoms with Crippen LogP contribution in [0.2, 0.25) is 0 Å². The zero-order chi connectivity index (χ0) is 11.3. The topological polar surface area (TPSA) is 68.9 Å². The van der Waals surface area contributed by atoms with Gasteiger partial charge in [-0.2, -0.15) is 5.26 Å².